The van der Waals surface area contributed by atoms with E-state index in [1.54, 1.807) is 6.07 Å². The molecule has 1 saturated heterocycles. The smallest absolute Gasteiger partial charge is 0.240 e. The lowest BCUT2D eigenvalue weighted by molar-refractivity contribution is 0.174. The Hall–Kier alpha value is -2.25. The van der Waals surface area contributed by atoms with Crippen LogP contribution in [-0.2, 0) is 16.4 Å². The number of hydrogen-bond donors (Lipinski definition) is 1. The van der Waals surface area contributed by atoms with E-state index in [-0.39, 0.29) is 11.7 Å². The summed E-state index contributed by atoms with van der Waals surface area (Å²) in [6.07, 6.45) is 3.15. The molecule has 1 N–H and O–H groups in total. The molecule has 0 unspecified atom stereocenters. The van der Waals surface area contributed by atoms with Crippen LogP contribution < -0.4 is 19.1 Å². The lowest BCUT2D eigenvalue weighted by Gasteiger charge is -2.17. The molecule has 0 radical (unpaired) electrons. The minimum atomic E-state index is -3.57. The molecule has 2 aromatic carbocycles. The van der Waals surface area contributed by atoms with E-state index in [2.05, 4.69) is 33.9 Å². The molecule has 7 heteroatoms. The Kier molecular flexibility index (Phi) is 4.74. The van der Waals surface area contributed by atoms with Crippen LogP contribution in [0.15, 0.2) is 47.4 Å². The molecule has 2 aromatic rings. The van der Waals surface area contributed by atoms with Gasteiger partial charge < -0.3 is 14.4 Å². The van der Waals surface area contributed by atoms with E-state index in [9.17, 15) is 8.42 Å². The van der Waals surface area contributed by atoms with E-state index in [0.29, 0.717) is 24.5 Å². The number of anilines is 1. The summed E-state index contributed by atoms with van der Waals surface area (Å²) in [4.78, 5) is 2.57. The molecule has 26 heavy (non-hydrogen) atoms. The molecule has 0 amide bonds. The molecule has 0 aliphatic carbocycles. The summed E-state index contributed by atoms with van der Waals surface area (Å²) in [7, 11) is -3.57. The van der Waals surface area contributed by atoms with Gasteiger partial charge in [0.1, 0.15) is 0 Å². The zero-order chi connectivity index (χ0) is 18.0. The van der Waals surface area contributed by atoms with Gasteiger partial charge in [0.15, 0.2) is 11.5 Å². The fourth-order valence-corrected chi connectivity index (χ4v) is 4.35. The fraction of sp³-hybridized carbons (Fsp3) is 0.368. The van der Waals surface area contributed by atoms with Gasteiger partial charge in [-0.25, -0.2) is 13.1 Å². The number of sulfonamides is 1. The molecule has 0 bridgehead atoms. The first-order valence-electron chi connectivity index (χ1n) is 8.85. The van der Waals surface area contributed by atoms with Crippen LogP contribution >= 0.6 is 0 Å². The highest BCUT2D eigenvalue weighted by Gasteiger charge is 2.20. The van der Waals surface area contributed by atoms with Gasteiger partial charge in [0.2, 0.25) is 16.8 Å². The Morgan fingerprint density at radius 1 is 0.962 bits per heavy atom. The normalized spacial score (nSPS) is 16.2. The van der Waals surface area contributed by atoms with Crippen molar-refractivity contribution >= 4 is 15.7 Å². The van der Waals surface area contributed by atoms with Crippen LogP contribution in [0.25, 0.3) is 0 Å². The highest BCUT2D eigenvalue weighted by molar-refractivity contribution is 7.89. The summed E-state index contributed by atoms with van der Waals surface area (Å²) in [6, 6.07) is 13.0. The number of rotatable bonds is 6. The highest BCUT2D eigenvalue weighted by Crippen LogP contribution is 2.33. The number of nitrogens with one attached hydrogen (secondary N) is 1. The third-order valence-corrected chi connectivity index (χ3v) is 6.23. The van der Waals surface area contributed by atoms with E-state index in [1.165, 1.54) is 30.7 Å². The molecule has 1 fully saturated rings. The van der Waals surface area contributed by atoms with Crippen LogP contribution in [0.1, 0.15) is 18.4 Å². The first-order chi connectivity index (χ1) is 12.6. The van der Waals surface area contributed by atoms with Crippen molar-refractivity contribution in [3.8, 4) is 11.5 Å². The van der Waals surface area contributed by atoms with Crippen LogP contribution in [0.5, 0.6) is 11.5 Å². The molecule has 6 nitrogen and oxygen atoms in total. The molecule has 4 rings (SSSR count). The average molecular weight is 374 g/mol. The van der Waals surface area contributed by atoms with Gasteiger partial charge in [-0.05, 0) is 49.1 Å². The van der Waals surface area contributed by atoms with Gasteiger partial charge in [0.25, 0.3) is 0 Å². The molecular formula is C19H22N2O4S. The van der Waals surface area contributed by atoms with Gasteiger partial charge in [-0.2, -0.15) is 0 Å². The summed E-state index contributed by atoms with van der Waals surface area (Å²) in [5.41, 5.74) is 2.36. The Bertz CT molecular complexity index is 875. The van der Waals surface area contributed by atoms with E-state index >= 15 is 0 Å². The maximum absolute atomic E-state index is 12.4. The van der Waals surface area contributed by atoms with Crippen molar-refractivity contribution in [3.63, 3.8) is 0 Å². The summed E-state index contributed by atoms with van der Waals surface area (Å²) in [6.45, 7) is 2.71. The Balaban J connectivity index is 1.35. The summed E-state index contributed by atoms with van der Waals surface area (Å²) < 4.78 is 38.0. The first kappa shape index (κ1) is 17.2. The van der Waals surface area contributed by atoms with E-state index in [0.717, 1.165) is 18.7 Å². The van der Waals surface area contributed by atoms with Gasteiger partial charge in [0.05, 0.1) is 4.90 Å². The number of benzene rings is 2. The summed E-state index contributed by atoms with van der Waals surface area (Å²) in [5, 5.41) is 0. The van der Waals surface area contributed by atoms with Gasteiger partial charge in [-0.15, -0.1) is 0 Å². The SMILES string of the molecule is O=S(=O)(NCCc1ccc(N2CCCC2)cc1)c1ccc2c(c1)OCO2. The predicted molar refractivity (Wildman–Crippen MR) is 99.3 cm³/mol. The van der Waals surface area contributed by atoms with E-state index < -0.39 is 10.0 Å². The number of hydrogen-bond acceptors (Lipinski definition) is 5. The molecule has 0 aromatic heterocycles. The second-order valence-corrected chi connectivity index (χ2v) is 8.29. The monoisotopic (exact) mass is 374 g/mol. The van der Waals surface area contributed by atoms with E-state index in [1.807, 2.05) is 0 Å². The van der Waals surface area contributed by atoms with Crippen LogP contribution in [-0.4, -0.2) is 34.8 Å². The third-order valence-electron chi connectivity index (χ3n) is 4.77. The van der Waals surface area contributed by atoms with Gasteiger partial charge >= 0.3 is 0 Å². The molecule has 0 spiro atoms. The van der Waals surface area contributed by atoms with Crippen molar-refractivity contribution in [2.45, 2.75) is 24.2 Å². The molecule has 2 aliphatic rings. The van der Waals surface area contributed by atoms with Crippen LogP contribution in [0, 0.1) is 0 Å². The molecule has 0 atom stereocenters. The van der Waals surface area contributed by atoms with Gasteiger partial charge in [-0.1, -0.05) is 12.1 Å². The lowest BCUT2D eigenvalue weighted by Crippen LogP contribution is -2.26. The zero-order valence-corrected chi connectivity index (χ0v) is 15.3. The Morgan fingerprint density at radius 2 is 1.69 bits per heavy atom. The van der Waals surface area contributed by atoms with Crippen LogP contribution in [0.3, 0.4) is 0 Å². The Morgan fingerprint density at radius 3 is 2.46 bits per heavy atom. The maximum atomic E-state index is 12.4. The van der Waals surface area contributed by atoms with Crippen LogP contribution in [0.4, 0.5) is 5.69 Å². The third kappa shape index (κ3) is 3.64. The highest BCUT2D eigenvalue weighted by atomic mass is 32.2. The quantitative estimate of drug-likeness (QED) is 0.842. The molecule has 2 aliphatic heterocycles. The van der Waals surface area contributed by atoms with Crippen molar-refractivity contribution in [3.05, 3.63) is 48.0 Å². The number of fused-ring (bicyclic) bond motifs is 1. The van der Waals surface area contributed by atoms with E-state index in [4.69, 9.17) is 9.47 Å². The fourth-order valence-electron chi connectivity index (χ4n) is 3.31. The summed E-state index contributed by atoms with van der Waals surface area (Å²) >= 11 is 0. The molecule has 0 saturated carbocycles. The second kappa shape index (κ2) is 7.17. The molecule has 138 valence electrons. The standard InChI is InChI=1S/C19H22N2O4S/c22-26(23,17-7-8-18-19(13-17)25-14-24-18)20-10-9-15-3-5-16(6-4-15)21-11-1-2-12-21/h3-8,13,20H,1-2,9-12,14H2. The largest absolute Gasteiger partial charge is 0.454 e. The predicted octanol–water partition coefficient (Wildman–Crippen LogP) is 2.54. The minimum Gasteiger partial charge on any atom is -0.454 e. The summed E-state index contributed by atoms with van der Waals surface area (Å²) in [5.74, 6) is 1.03. The van der Waals surface area contributed by atoms with Crippen LogP contribution in [0.2, 0.25) is 0 Å². The van der Waals surface area contributed by atoms with Crippen molar-refractivity contribution in [1.29, 1.82) is 0 Å². The average Bonchev–Trinajstić information content (AvgIpc) is 3.33. The van der Waals surface area contributed by atoms with Crippen molar-refractivity contribution < 1.29 is 17.9 Å². The topological polar surface area (TPSA) is 67.9 Å². The Labute approximate surface area is 153 Å². The van der Waals surface area contributed by atoms with Crippen molar-refractivity contribution in [1.82, 2.24) is 4.72 Å². The van der Waals surface area contributed by atoms with Crippen molar-refractivity contribution in [2.24, 2.45) is 0 Å². The second-order valence-electron chi connectivity index (χ2n) is 6.52. The van der Waals surface area contributed by atoms with Gasteiger partial charge in [-0.3, -0.25) is 0 Å². The maximum Gasteiger partial charge on any atom is 0.240 e. The first-order valence-corrected chi connectivity index (χ1v) is 10.3. The minimum absolute atomic E-state index is 0.125. The molecular weight excluding hydrogens is 352 g/mol. The van der Waals surface area contributed by atoms with Crippen molar-refractivity contribution in [2.75, 3.05) is 31.3 Å². The number of ether oxygens (including phenoxy) is 2. The zero-order valence-electron chi connectivity index (χ0n) is 14.5. The van der Waals surface area contributed by atoms with Gasteiger partial charge in [0, 0.05) is 31.4 Å². The lowest BCUT2D eigenvalue weighted by atomic mass is 10.1. The molecule has 2 heterocycles. The number of nitrogens with zero attached hydrogens (tertiary/aromatic N) is 1.